The molecule has 0 aliphatic heterocycles. The number of anilines is 1. The first-order chi connectivity index (χ1) is 10.3. The number of hydrogen-bond donors (Lipinski definition) is 1. The molecule has 0 aliphatic carbocycles. The van der Waals surface area contributed by atoms with Crippen LogP contribution in [0.3, 0.4) is 0 Å². The number of carboxylic acid groups (broad SMARTS) is 1. The Balaban J connectivity index is 2.38. The number of aromatic nitrogens is 1. The average Bonchev–Trinajstić information content (AvgIpc) is 2.42. The van der Waals surface area contributed by atoms with Crippen LogP contribution in [-0.4, -0.2) is 34.3 Å². The summed E-state index contributed by atoms with van der Waals surface area (Å²) in [5.74, 6) is -0.892. The highest BCUT2D eigenvalue weighted by Crippen LogP contribution is 2.20. The predicted molar refractivity (Wildman–Crippen MR) is 83.0 cm³/mol. The molecule has 1 aromatic heterocycles. The maximum atomic E-state index is 12.2. The number of benzene rings is 1. The van der Waals surface area contributed by atoms with Crippen LogP contribution in [0.1, 0.15) is 20.8 Å². The van der Waals surface area contributed by atoms with Crippen molar-refractivity contribution in [2.45, 2.75) is 26.4 Å². The summed E-state index contributed by atoms with van der Waals surface area (Å²) in [5, 5.41) is 9.94. The monoisotopic (exact) mass is 302 g/mol. The molecule has 1 N–H and O–H groups in total. The molecule has 2 aromatic rings. The fourth-order valence-electron chi connectivity index (χ4n) is 1.90. The van der Waals surface area contributed by atoms with Gasteiger partial charge < -0.3 is 9.84 Å². The van der Waals surface area contributed by atoms with E-state index < -0.39 is 24.2 Å². The third-order valence-electron chi connectivity index (χ3n) is 2.77. The molecule has 0 fully saturated rings. The molecule has 1 heterocycles. The van der Waals surface area contributed by atoms with Gasteiger partial charge >= 0.3 is 12.1 Å². The van der Waals surface area contributed by atoms with E-state index in [0.29, 0.717) is 5.52 Å². The number of carbonyl (C=O) groups excluding carboxylic acids is 1. The van der Waals surface area contributed by atoms with Gasteiger partial charge in [-0.25, -0.2) is 9.78 Å². The van der Waals surface area contributed by atoms with Crippen LogP contribution in [0.25, 0.3) is 10.9 Å². The Kier molecular flexibility index (Phi) is 4.30. The van der Waals surface area contributed by atoms with E-state index in [0.717, 1.165) is 10.3 Å². The molecule has 0 saturated carbocycles. The van der Waals surface area contributed by atoms with Crippen LogP contribution < -0.4 is 4.90 Å². The molecule has 6 nitrogen and oxygen atoms in total. The number of hydrogen-bond acceptors (Lipinski definition) is 4. The lowest BCUT2D eigenvalue weighted by Crippen LogP contribution is -2.40. The van der Waals surface area contributed by atoms with E-state index in [1.54, 1.807) is 39.0 Å². The number of fused-ring (bicyclic) bond motifs is 1. The zero-order valence-corrected chi connectivity index (χ0v) is 12.7. The Morgan fingerprint density at radius 2 is 1.86 bits per heavy atom. The summed E-state index contributed by atoms with van der Waals surface area (Å²) in [4.78, 5) is 28.6. The van der Waals surface area contributed by atoms with Crippen molar-refractivity contribution in [3.63, 3.8) is 0 Å². The van der Waals surface area contributed by atoms with Gasteiger partial charge in [-0.2, -0.15) is 0 Å². The fourth-order valence-corrected chi connectivity index (χ4v) is 1.90. The third kappa shape index (κ3) is 3.94. The van der Waals surface area contributed by atoms with Gasteiger partial charge in [0.2, 0.25) is 0 Å². The molecule has 1 aromatic carbocycles. The van der Waals surface area contributed by atoms with Gasteiger partial charge in [0.15, 0.2) is 0 Å². The van der Waals surface area contributed by atoms with Gasteiger partial charge in [0.1, 0.15) is 18.0 Å². The van der Waals surface area contributed by atoms with Crippen LogP contribution in [0.2, 0.25) is 0 Å². The van der Waals surface area contributed by atoms with Gasteiger partial charge in [-0.05, 0) is 39.0 Å². The fraction of sp³-hybridized carbons (Fsp3) is 0.312. The summed E-state index contributed by atoms with van der Waals surface area (Å²) < 4.78 is 5.25. The Hall–Kier alpha value is -2.63. The summed E-state index contributed by atoms with van der Waals surface area (Å²) in [5.41, 5.74) is -0.0380. The lowest BCUT2D eigenvalue weighted by Gasteiger charge is -2.25. The van der Waals surface area contributed by atoms with Crippen molar-refractivity contribution in [3.05, 3.63) is 36.4 Å². The standard InChI is InChI=1S/C16H18N2O4/c1-16(2,3)22-15(21)18(10-14(19)20)13-9-8-11-6-4-5-7-12(11)17-13/h4-9H,10H2,1-3H3,(H,19,20). The van der Waals surface area contributed by atoms with Gasteiger partial charge in [-0.3, -0.25) is 9.69 Å². The highest BCUT2D eigenvalue weighted by molar-refractivity contribution is 5.93. The van der Waals surface area contributed by atoms with E-state index in [-0.39, 0.29) is 5.82 Å². The van der Waals surface area contributed by atoms with Crippen molar-refractivity contribution in [1.82, 2.24) is 4.98 Å². The summed E-state index contributed by atoms with van der Waals surface area (Å²) in [6.07, 6.45) is -0.738. The third-order valence-corrected chi connectivity index (χ3v) is 2.77. The van der Waals surface area contributed by atoms with E-state index in [4.69, 9.17) is 9.84 Å². The quantitative estimate of drug-likeness (QED) is 0.942. The number of carboxylic acids is 1. The number of para-hydroxylation sites is 1. The first kappa shape index (κ1) is 15.8. The van der Waals surface area contributed by atoms with Crippen LogP contribution in [0.15, 0.2) is 36.4 Å². The van der Waals surface area contributed by atoms with E-state index in [1.165, 1.54) is 0 Å². The molecular weight excluding hydrogens is 284 g/mol. The van der Waals surface area contributed by atoms with E-state index >= 15 is 0 Å². The van der Waals surface area contributed by atoms with Crippen molar-refractivity contribution in [1.29, 1.82) is 0 Å². The predicted octanol–water partition coefficient (Wildman–Crippen LogP) is 3.06. The minimum atomic E-state index is -1.14. The van der Waals surface area contributed by atoms with Crippen LogP contribution in [-0.2, 0) is 9.53 Å². The topological polar surface area (TPSA) is 79.7 Å². The number of pyridine rings is 1. The molecule has 0 radical (unpaired) electrons. The summed E-state index contributed by atoms with van der Waals surface area (Å²) in [6.45, 7) is 4.65. The molecule has 0 bridgehead atoms. The number of rotatable bonds is 3. The van der Waals surface area contributed by atoms with E-state index in [2.05, 4.69) is 4.98 Å². The van der Waals surface area contributed by atoms with Crippen LogP contribution in [0.4, 0.5) is 10.6 Å². The summed E-state index contributed by atoms with van der Waals surface area (Å²) in [7, 11) is 0. The van der Waals surface area contributed by atoms with Crippen molar-refractivity contribution in [3.8, 4) is 0 Å². The first-order valence-electron chi connectivity index (χ1n) is 6.84. The average molecular weight is 302 g/mol. The van der Waals surface area contributed by atoms with E-state index in [1.807, 2.05) is 18.2 Å². The van der Waals surface area contributed by atoms with E-state index in [9.17, 15) is 9.59 Å². The Bertz CT molecular complexity index is 707. The second-order valence-corrected chi connectivity index (χ2v) is 5.82. The number of amides is 1. The zero-order chi connectivity index (χ0) is 16.3. The molecule has 2 rings (SSSR count). The van der Waals surface area contributed by atoms with Gasteiger partial charge in [-0.1, -0.05) is 18.2 Å². The maximum absolute atomic E-state index is 12.2. The normalized spacial score (nSPS) is 11.2. The maximum Gasteiger partial charge on any atom is 0.416 e. The largest absolute Gasteiger partial charge is 0.480 e. The van der Waals surface area contributed by atoms with Crippen LogP contribution in [0, 0.1) is 0 Å². The molecule has 0 aliphatic rings. The molecular formula is C16H18N2O4. The number of aliphatic carboxylic acids is 1. The number of carbonyl (C=O) groups is 2. The highest BCUT2D eigenvalue weighted by Gasteiger charge is 2.26. The summed E-state index contributed by atoms with van der Waals surface area (Å²) in [6, 6.07) is 10.8. The van der Waals surface area contributed by atoms with Gasteiger partial charge in [0.25, 0.3) is 0 Å². The smallest absolute Gasteiger partial charge is 0.416 e. The molecule has 0 spiro atoms. The van der Waals surface area contributed by atoms with Gasteiger partial charge in [-0.15, -0.1) is 0 Å². The molecule has 0 unspecified atom stereocenters. The Morgan fingerprint density at radius 1 is 1.18 bits per heavy atom. The molecule has 116 valence electrons. The number of nitrogens with zero attached hydrogens (tertiary/aromatic N) is 2. The minimum absolute atomic E-state index is 0.246. The highest BCUT2D eigenvalue weighted by atomic mass is 16.6. The second-order valence-electron chi connectivity index (χ2n) is 5.82. The summed E-state index contributed by atoms with van der Waals surface area (Å²) >= 11 is 0. The molecule has 1 amide bonds. The molecule has 0 saturated heterocycles. The molecule has 0 atom stereocenters. The Morgan fingerprint density at radius 3 is 2.50 bits per heavy atom. The minimum Gasteiger partial charge on any atom is -0.480 e. The van der Waals surface area contributed by atoms with Gasteiger partial charge in [0, 0.05) is 5.39 Å². The van der Waals surface area contributed by atoms with Crippen LogP contribution >= 0.6 is 0 Å². The SMILES string of the molecule is CC(C)(C)OC(=O)N(CC(=O)O)c1ccc2ccccc2n1. The van der Waals surface area contributed by atoms with Gasteiger partial charge in [0.05, 0.1) is 5.52 Å². The lowest BCUT2D eigenvalue weighted by molar-refractivity contribution is -0.135. The molecule has 22 heavy (non-hydrogen) atoms. The van der Waals surface area contributed by atoms with Crippen molar-refractivity contribution in [2.75, 3.05) is 11.4 Å². The van der Waals surface area contributed by atoms with Crippen molar-refractivity contribution >= 4 is 28.8 Å². The second kappa shape index (κ2) is 6.01. The zero-order valence-electron chi connectivity index (χ0n) is 12.7. The molecule has 6 heteroatoms. The van der Waals surface area contributed by atoms with Crippen molar-refractivity contribution < 1.29 is 19.4 Å². The van der Waals surface area contributed by atoms with Crippen LogP contribution in [0.5, 0.6) is 0 Å². The first-order valence-corrected chi connectivity index (χ1v) is 6.84. The lowest BCUT2D eigenvalue weighted by atomic mass is 10.2. The number of ether oxygens (including phenoxy) is 1. The Labute approximate surface area is 128 Å². The van der Waals surface area contributed by atoms with Crippen molar-refractivity contribution in [2.24, 2.45) is 0 Å².